The van der Waals surface area contributed by atoms with Gasteiger partial charge in [0.15, 0.2) is 0 Å². The van der Waals surface area contributed by atoms with Crippen LogP contribution < -0.4 is 11.5 Å². The summed E-state index contributed by atoms with van der Waals surface area (Å²) in [5.74, 6) is -0.236. The first-order chi connectivity index (χ1) is 14.0. The van der Waals surface area contributed by atoms with E-state index in [4.69, 9.17) is 21.7 Å². The number of halogens is 3. The molecule has 2 rings (SSSR count). The summed E-state index contributed by atoms with van der Waals surface area (Å²) >= 11 is 0. The van der Waals surface area contributed by atoms with E-state index in [0.29, 0.717) is 12.8 Å². The van der Waals surface area contributed by atoms with Gasteiger partial charge in [-0.05, 0) is 76.4 Å². The van der Waals surface area contributed by atoms with Crippen molar-refractivity contribution >= 4 is 76.0 Å². The number of carbonyl (C=O) groups is 2. The molecule has 2 atom stereocenters. The number of nitrogens with two attached hydrogens (primary N) is 2. The molecule has 35 heavy (non-hydrogen) atoms. The van der Waals surface area contributed by atoms with Crippen LogP contribution in [0, 0.1) is 0 Å². The van der Waals surface area contributed by atoms with Crippen molar-refractivity contribution in [3.8, 4) is 11.5 Å². The maximum absolute atomic E-state index is 11.1. The number of likely N-dealkylation sites (N-methyl/N-ethyl adjacent to an activating group) is 2. The normalized spacial score (nSPS) is 10.9. The smallest absolute Gasteiger partial charge is 0.235 e. The van der Waals surface area contributed by atoms with Crippen molar-refractivity contribution < 1.29 is 19.8 Å². The zero-order valence-corrected chi connectivity index (χ0v) is 24.6. The van der Waals surface area contributed by atoms with Crippen molar-refractivity contribution in [1.82, 2.24) is 9.80 Å². The van der Waals surface area contributed by atoms with Crippen LogP contribution in [0.25, 0.3) is 0 Å². The Kier molecular flexibility index (Phi) is 27.0. The van der Waals surface area contributed by atoms with E-state index in [2.05, 4.69) is 0 Å². The molecule has 2 amide bonds. The van der Waals surface area contributed by atoms with Crippen LogP contribution in [0.2, 0.25) is 0 Å². The lowest BCUT2D eigenvalue weighted by atomic mass is 10.0. The van der Waals surface area contributed by atoms with Gasteiger partial charge >= 0.3 is 0 Å². The molecular formula is C22H39Cl3N4O4S2. The standard InChI is InChI=1S/2C11H16N2O2.3ClH.2H2S/c2*1-13(2)10(11(12)15)7-8-3-5-9(14)6-4-8;;;;;/h2*3-6,10,14H,7H2,1-2H3,(H2,12,15);3*1H;2*1H2/t2*10-;;;;;/m00...../s1. The molecule has 0 bridgehead atoms. The summed E-state index contributed by atoms with van der Waals surface area (Å²) < 4.78 is 0. The number of rotatable bonds is 8. The number of nitrogens with zero attached hydrogens (tertiary/aromatic N) is 2. The first-order valence-electron chi connectivity index (χ1n) is 9.48. The fraction of sp³-hybridized carbons (Fsp3) is 0.364. The van der Waals surface area contributed by atoms with Gasteiger partial charge in [-0.15, -0.1) is 37.2 Å². The zero-order valence-electron chi connectivity index (χ0n) is 20.2. The van der Waals surface area contributed by atoms with Crippen molar-refractivity contribution in [2.45, 2.75) is 24.9 Å². The molecule has 13 heteroatoms. The van der Waals surface area contributed by atoms with E-state index in [1.54, 1.807) is 58.3 Å². The van der Waals surface area contributed by atoms with E-state index >= 15 is 0 Å². The molecule has 0 aliphatic rings. The highest BCUT2D eigenvalue weighted by molar-refractivity contribution is 7.59. The molecule has 0 fully saturated rings. The molecular weight excluding hydrogens is 555 g/mol. The summed E-state index contributed by atoms with van der Waals surface area (Å²) in [5.41, 5.74) is 12.5. The molecule has 6 N–H and O–H groups in total. The first-order valence-corrected chi connectivity index (χ1v) is 9.48. The van der Waals surface area contributed by atoms with Crippen LogP contribution in [-0.2, 0) is 22.4 Å². The number of amides is 2. The Morgan fingerprint density at radius 3 is 1.06 bits per heavy atom. The lowest BCUT2D eigenvalue weighted by Crippen LogP contribution is -2.41. The van der Waals surface area contributed by atoms with Crippen LogP contribution in [0.3, 0.4) is 0 Å². The minimum atomic E-state index is -0.340. The van der Waals surface area contributed by atoms with E-state index in [1.165, 1.54) is 0 Å². The monoisotopic (exact) mass is 592 g/mol. The van der Waals surface area contributed by atoms with Crippen LogP contribution in [0.4, 0.5) is 0 Å². The fourth-order valence-corrected chi connectivity index (χ4v) is 2.79. The van der Waals surface area contributed by atoms with Gasteiger partial charge in [-0.3, -0.25) is 19.4 Å². The Morgan fingerprint density at radius 1 is 0.657 bits per heavy atom. The van der Waals surface area contributed by atoms with Crippen LogP contribution in [-0.4, -0.2) is 72.1 Å². The second kappa shape index (κ2) is 21.7. The summed E-state index contributed by atoms with van der Waals surface area (Å²) in [5, 5.41) is 18.2. The van der Waals surface area contributed by atoms with Crippen LogP contribution >= 0.6 is 64.2 Å². The molecule has 0 heterocycles. The van der Waals surface area contributed by atoms with Crippen molar-refractivity contribution in [1.29, 1.82) is 0 Å². The third kappa shape index (κ3) is 16.7. The van der Waals surface area contributed by atoms with Gasteiger partial charge in [-0.2, -0.15) is 27.0 Å². The quantitative estimate of drug-likeness (QED) is 0.371. The molecule has 0 radical (unpaired) electrons. The van der Waals surface area contributed by atoms with E-state index in [1.807, 2.05) is 28.2 Å². The van der Waals surface area contributed by atoms with Gasteiger partial charge in [-0.25, -0.2) is 0 Å². The Balaban J connectivity index is -0.000000150. The Morgan fingerprint density at radius 2 is 0.886 bits per heavy atom. The predicted octanol–water partition coefficient (Wildman–Crippen LogP) is 2.19. The Bertz CT molecular complexity index is 761. The first kappa shape index (κ1) is 43.5. The molecule has 0 aliphatic carbocycles. The average Bonchev–Trinajstić information content (AvgIpc) is 2.66. The topological polar surface area (TPSA) is 133 Å². The number of primary amides is 2. The van der Waals surface area contributed by atoms with Crippen LogP contribution in [0.5, 0.6) is 11.5 Å². The lowest BCUT2D eigenvalue weighted by molar-refractivity contribution is -0.123. The highest BCUT2D eigenvalue weighted by Crippen LogP contribution is 2.13. The van der Waals surface area contributed by atoms with Gasteiger partial charge in [0.2, 0.25) is 11.8 Å². The van der Waals surface area contributed by atoms with E-state index < -0.39 is 0 Å². The number of aromatic hydroxyl groups is 2. The van der Waals surface area contributed by atoms with Crippen molar-refractivity contribution in [3.05, 3.63) is 59.7 Å². The molecule has 0 aliphatic heterocycles. The zero-order chi connectivity index (χ0) is 22.8. The van der Waals surface area contributed by atoms with E-state index in [-0.39, 0.29) is 99.6 Å². The van der Waals surface area contributed by atoms with Gasteiger partial charge in [0.05, 0.1) is 12.1 Å². The molecule has 0 aromatic heterocycles. The summed E-state index contributed by atoms with van der Waals surface area (Å²) in [6.45, 7) is 0. The number of benzene rings is 2. The van der Waals surface area contributed by atoms with Gasteiger partial charge in [-0.1, -0.05) is 24.3 Å². The maximum atomic E-state index is 11.1. The minimum absolute atomic E-state index is 0. The third-order valence-corrected chi connectivity index (χ3v) is 4.63. The van der Waals surface area contributed by atoms with Crippen LogP contribution in [0.1, 0.15) is 11.1 Å². The number of hydrogen-bond acceptors (Lipinski definition) is 6. The fourth-order valence-electron chi connectivity index (χ4n) is 2.79. The predicted molar refractivity (Wildman–Crippen MR) is 159 cm³/mol. The second-order valence-electron chi connectivity index (χ2n) is 7.50. The molecule has 8 nitrogen and oxygen atoms in total. The number of carbonyl (C=O) groups excluding carboxylic acids is 2. The number of phenols is 2. The third-order valence-electron chi connectivity index (χ3n) is 4.63. The lowest BCUT2D eigenvalue weighted by Gasteiger charge is -2.20. The average molecular weight is 594 g/mol. The van der Waals surface area contributed by atoms with Crippen molar-refractivity contribution in [3.63, 3.8) is 0 Å². The maximum Gasteiger partial charge on any atom is 0.235 e. The van der Waals surface area contributed by atoms with Crippen molar-refractivity contribution in [2.24, 2.45) is 11.5 Å². The Labute approximate surface area is 240 Å². The molecule has 0 spiro atoms. The summed E-state index contributed by atoms with van der Waals surface area (Å²) in [4.78, 5) is 25.9. The highest BCUT2D eigenvalue weighted by Gasteiger charge is 2.18. The molecule has 2 aromatic carbocycles. The molecule has 204 valence electrons. The van der Waals surface area contributed by atoms with Gasteiger partial charge in [0.1, 0.15) is 11.5 Å². The SMILES string of the molecule is CN(C)[C@@H](Cc1ccc(O)cc1)C(N)=O.CN(C)[C@@H](Cc1ccc(O)cc1)C(N)=O.Cl.Cl.Cl.S.S. The molecule has 0 saturated heterocycles. The minimum Gasteiger partial charge on any atom is -0.508 e. The summed E-state index contributed by atoms with van der Waals surface area (Å²) in [6, 6.07) is 12.9. The molecule has 0 saturated carbocycles. The second-order valence-corrected chi connectivity index (χ2v) is 7.50. The van der Waals surface area contributed by atoms with E-state index in [0.717, 1.165) is 11.1 Å². The summed E-state index contributed by atoms with van der Waals surface area (Å²) in [6.07, 6.45) is 1.12. The van der Waals surface area contributed by atoms with E-state index in [9.17, 15) is 9.59 Å². The molecule has 2 aromatic rings. The summed E-state index contributed by atoms with van der Waals surface area (Å²) in [7, 11) is 7.26. The van der Waals surface area contributed by atoms with Gasteiger partial charge in [0.25, 0.3) is 0 Å². The van der Waals surface area contributed by atoms with Gasteiger partial charge in [0, 0.05) is 0 Å². The van der Waals surface area contributed by atoms with Gasteiger partial charge < -0.3 is 21.7 Å². The molecule has 0 unspecified atom stereocenters. The number of hydrogen-bond donors (Lipinski definition) is 4. The number of phenolic OH excluding ortho intramolecular Hbond substituents is 2. The van der Waals surface area contributed by atoms with Crippen molar-refractivity contribution in [2.75, 3.05) is 28.2 Å². The Hall–Kier alpha value is -1.53. The highest BCUT2D eigenvalue weighted by atomic mass is 35.5. The largest absolute Gasteiger partial charge is 0.508 e. The van der Waals surface area contributed by atoms with Crippen LogP contribution in [0.15, 0.2) is 48.5 Å².